The highest BCUT2D eigenvalue weighted by molar-refractivity contribution is 6.00. The number of nitrogens with one attached hydrogen (secondary N) is 1. The van der Waals surface area contributed by atoms with Crippen LogP contribution in [0.5, 0.6) is 11.5 Å². The summed E-state index contributed by atoms with van der Waals surface area (Å²) in [6.45, 7) is 1.85. The van der Waals surface area contributed by atoms with Gasteiger partial charge in [-0.2, -0.15) is 5.10 Å². The molecule has 5 heteroatoms. The largest absolute Gasteiger partial charge is 0.493 e. The summed E-state index contributed by atoms with van der Waals surface area (Å²) >= 11 is 0. The summed E-state index contributed by atoms with van der Waals surface area (Å²) in [5.74, 6) is 1.56. The first-order valence-electron chi connectivity index (χ1n) is 8.25. The van der Waals surface area contributed by atoms with E-state index in [0.29, 0.717) is 23.1 Å². The molecule has 1 aliphatic carbocycles. The average Bonchev–Trinajstić information content (AvgIpc) is 3.47. The molecule has 0 unspecified atom stereocenters. The molecule has 2 atom stereocenters. The van der Waals surface area contributed by atoms with Gasteiger partial charge in [0.2, 0.25) is 5.91 Å². The predicted molar refractivity (Wildman–Crippen MR) is 97.2 cm³/mol. The third-order valence-electron chi connectivity index (χ3n) is 4.49. The zero-order valence-corrected chi connectivity index (χ0v) is 14.7. The number of carbonyl (C=O) groups is 1. The Bertz CT molecular complexity index is 787. The quantitative estimate of drug-likeness (QED) is 0.649. The highest BCUT2D eigenvalue weighted by atomic mass is 16.5. The SMILES string of the molecule is COc1ccc(/C(C)=N/NC(=O)[C@H]2C[C@@H]2c2ccccc2)cc1OC. The predicted octanol–water partition coefficient (Wildman–Crippen LogP) is 3.35. The molecular formula is C20H22N2O3. The van der Waals surface area contributed by atoms with Crippen molar-refractivity contribution < 1.29 is 14.3 Å². The number of nitrogens with zero attached hydrogens (tertiary/aromatic N) is 1. The third-order valence-corrected chi connectivity index (χ3v) is 4.49. The van der Waals surface area contributed by atoms with Crippen LogP contribution >= 0.6 is 0 Å². The van der Waals surface area contributed by atoms with Gasteiger partial charge in [-0.15, -0.1) is 0 Å². The van der Waals surface area contributed by atoms with Crippen molar-refractivity contribution in [3.8, 4) is 11.5 Å². The lowest BCUT2D eigenvalue weighted by atomic mass is 10.1. The van der Waals surface area contributed by atoms with E-state index in [2.05, 4.69) is 22.7 Å². The molecule has 130 valence electrons. The van der Waals surface area contributed by atoms with Crippen LogP contribution in [-0.4, -0.2) is 25.8 Å². The lowest BCUT2D eigenvalue weighted by Gasteiger charge is -2.09. The molecule has 1 aliphatic rings. The summed E-state index contributed by atoms with van der Waals surface area (Å²) in [7, 11) is 3.18. The molecule has 0 aliphatic heterocycles. The van der Waals surface area contributed by atoms with Crippen LogP contribution in [0.25, 0.3) is 0 Å². The van der Waals surface area contributed by atoms with Crippen molar-refractivity contribution in [1.82, 2.24) is 5.43 Å². The molecule has 1 saturated carbocycles. The van der Waals surface area contributed by atoms with E-state index in [-0.39, 0.29) is 11.8 Å². The molecule has 0 radical (unpaired) electrons. The Labute approximate surface area is 147 Å². The zero-order valence-electron chi connectivity index (χ0n) is 14.7. The minimum atomic E-state index is -0.0336. The van der Waals surface area contributed by atoms with Gasteiger partial charge < -0.3 is 9.47 Å². The van der Waals surface area contributed by atoms with Crippen molar-refractivity contribution in [3.05, 3.63) is 59.7 Å². The fourth-order valence-corrected chi connectivity index (χ4v) is 2.90. The summed E-state index contributed by atoms with van der Waals surface area (Å²) in [4.78, 5) is 12.3. The lowest BCUT2D eigenvalue weighted by molar-refractivity contribution is -0.122. The highest BCUT2D eigenvalue weighted by Crippen LogP contribution is 2.47. The molecule has 0 saturated heterocycles. The van der Waals surface area contributed by atoms with E-state index in [1.807, 2.05) is 43.3 Å². The monoisotopic (exact) mass is 338 g/mol. The number of hydrogen-bond acceptors (Lipinski definition) is 4. The van der Waals surface area contributed by atoms with Crippen LogP contribution in [0.15, 0.2) is 53.6 Å². The Balaban J connectivity index is 1.63. The summed E-state index contributed by atoms with van der Waals surface area (Å²) in [6.07, 6.45) is 0.876. The lowest BCUT2D eigenvalue weighted by Crippen LogP contribution is -2.21. The van der Waals surface area contributed by atoms with Crippen molar-refractivity contribution in [2.24, 2.45) is 11.0 Å². The van der Waals surface area contributed by atoms with E-state index < -0.39 is 0 Å². The highest BCUT2D eigenvalue weighted by Gasteiger charge is 2.43. The molecule has 1 N–H and O–H groups in total. The molecule has 2 aromatic carbocycles. The van der Waals surface area contributed by atoms with Gasteiger partial charge in [0, 0.05) is 11.5 Å². The molecule has 1 amide bonds. The van der Waals surface area contributed by atoms with Crippen molar-refractivity contribution in [1.29, 1.82) is 0 Å². The van der Waals surface area contributed by atoms with E-state index in [1.165, 1.54) is 5.56 Å². The Hall–Kier alpha value is -2.82. The maximum atomic E-state index is 12.3. The summed E-state index contributed by atoms with van der Waals surface area (Å²) in [5.41, 5.74) is 5.48. The van der Waals surface area contributed by atoms with Gasteiger partial charge in [-0.3, -0.25) is 4.79 Å². The maximum absolute atomic E-state index is 12.3. The number of hydrazone groups is 1. The normalized spacial score (nSPS) is 19.2. The Morgan fingerprint density at radius 3 is 2.48 bits per heavy atom. The van der Waals surface area contributed by atoms with Gasteiger partial charge in [0.05, 0.1) is 19.9 Å². The second-order valence-corrected chi connectivity index (χ2v) is 6.10. The molecule has 0 heterocycles. The van der Waals surface area contributed by atoms with Gasteiger partial charge in [0.15, 0.2) is 11.5 Å². The fraction of sp³-hybridized carbons (Fsp3) is 0.300. The van der Waals surface area contributed by atoms with E-state index in [0.717, 1.165) is 12.0 Å². The Morgan fingerprint density at radius 1 is 1.08 bits per heavy atom. The molecule has 0 bridgehead atoms. The molecule has 0 aromatic heterocycles. The first kappa shape index (κ1) is 17.0. The number of benzene rings is 2. The summed E-state index contributed by atoms with van der Waals surface area (Å²) in [5, 5.41) is 4.24. The van der Waals surface area contributed by atoms with Crippen LogP contribution in [0, 0.1) is 5.92 Å². The molecule has 3 rings (SSSR count). The molecule has 5 nitrogen and oxygen atoms in total. The number of ether oxygens (including phenoxy) is 2. The van der Waals surface area contributed by atoms with Crippen molar-refractivity contribution in [2.75, 3.05) is 14.2 Å². The van der Waals surface area contributed by atoms with Crippen molar-refractivity contribution in [2.45, 2.75) is 19.3 Å². The average molecular weight is 338 g/mol. The number of carbonyl (C=O) groups excluding carboxylic acids is 1. The van der Waals surface area contributed by atoms with E-state index in [9.17, 15) is 4.79 Å². The minimum absolute atomic E-state index is 0.00403. The Morgan fingerprint density at radius 2 is 1.80 bits per heavy atom. The zero-order chi connectivity index (χ0) is 17.8. The van der Waals surface area contributed by atoms with E-state index in [1.54, 1.807) is 14.2 Å². The van der Waals surface area contributed by atoms with Gasteiger partial charge in [0.25, 0.3) is 0 Å². The van der Waals surface area contributed by atoms with Gasteiger partial charge in [-0.05, 0) is 43.0 Å². The van der Waals surface area contributed by atoms with Crippen molar-refractivity contribution in [3.63, 3.8) is 0 Å². The third kappa shape index (κ3) is 3.82. The minimum Gasteiger partial charge on any atom is -0.493 e. The van der Waals surface area contributed by atoms with Crippen LogP contribution in [0.3, 0.4) is 0 Å². The summed E-state index contributed by atoms with van der Waals surface area (Å²) < 4.78 is 10.5. The fourth-order valence-electron chi connectivity index (χ4n) is 2.90. The van der Waals surface area contributed by atoms with Crippen LogP contribution in [0.4, 0.5) is 0 Å². The maximum Gasteiger partial charge on any atom is 0.243 e. The first-order chi connectivity index (χ1) is 12.1. The van der Waals surface area contributed by atoms with Crippen molar-refractivity contribution >= 4 is 11.6 Å². The van der Waals surface area contributed by atoms with E-state index in [4.69, 9.17) is 9.47 Å². The van der Waals surface area contributed by atoms with Gasteiger partial charge in [-0.25, -0.2) is 5.43 Å². The van der Waals surface area contributed by atoms with Gasteiger partial charge >= 0.3 is 0 Å². The molecular weight excluding hydrogens is 316 g/mol. The van der Waals surface area contributed by atoms with Gasteiger partial charge in [0.1, 0.15) is 0 Å². The van der Waals surface area contributed by atoms with Crippen LogP contribution in [0.2, 0.25) is 0 Å². The summed E-state index contributed by atoms with van der Waals surface area (Å²) in [6, 6.07) is 15.7. The Kier molecular flexibility index (Phi) is 5.03. The second-order valence-electron chi connectivity index (χ2n) is 6.10. The van der Waals surface area contributed by atoms with Gasteiger partial charge in [-0.1, -0.05) is 30.3 Å². The number of rotatable bonds is 6. The van der Waals surface area contributed by atoms with Crippen LogP contribution in [-0.2, 0) is 4.79 Å². The smallest absolute Gasteiger partial charge is 0.243 e. The standard InChI is InChI=1S/C20H22N2O3/c1-13(15-9-10-18(24-2)19(11-15)25-3)21-22-20(23)17-12-16(17)14-7-5-4-6-8-14/h4-11,16-17H,12H2,1-3H3,(H,22,23)/b21-13+/t16-,17+/m1/s1. The molecule has 1 fully saturated rings. The van der Waals surface area contributed by atoms with Crippen LogP contribution < -0.4 is 14.9 Å². The van der Waals surface area contributed by atoms with E-state index >= 15 is 0 Å². The number of methoxy groups -OCH3 is 2. The topological polar surface area (TPSA) is 59.9 Å². The molecule has 2 aromatic rings. The van der Waals surface area contributed by atoms with Crippen LogP contribution in [0.1, 0.15) is 30.4 Å². The molecule has 0 spiro atoms. The number of hydrogen-bond donors (Lipinski definition) is 1. The first-order valence-corrected chi connectivity index (χ1v) is 8.25. The number of amides is 1. The second kappa shape index (κ2) is 7.38. The molecule has 25 heavy (non-hydrogen) atoms.